The molecule has 2 heterocycles. The Hall–Kier alpha value is -1.42. The highest BCUT2D eigenvalue weighted by Gasteiger charge is 2.30. The van der Waals surface area contributed by atoms with Gasteiger partial charge in [0.05, 0.1) is 25.8 Å². The van der Waals surface area contributed by atoms with Crippen LogP contribution in [0.2, 0.25) is 0 Å². The molecule has 130 valence electrons. The lowest BCUT2D eigenvalue weighted by Gasteiger charge is -2.37. The van der Waals surface area contributed by atoms with Crippen molar-refractivity contribution >= 4 is 11.6 Å². The Balaban J connectivity index is 1.57. The van der Waals surface area contributed by atoms with E-state index < -0.39 is 0 Å². The maximum absolute atomic E-state index is 12.8. The van der Waals surface area contributed by atoms with Crippen LogP contribution in [0.15, 0.2) is 0 Å². The number of piperidine rings is 1. The smallest absolute Gasteiger partial charge is 0.279 e. The zero-order chi connectivity index (χ0) is 16.6. The van der Waals surface area contributed by atoms with E-state index in [0.29, 0.717) is 6.54 Å². The van der Waals surface area contributed by atoms with Crippen molar-refractivity contribution in [1.82, 2.24) is 4.98 Å². The maximum Gasteiger partial charge on any atom is 0.279 e. The van der Waals surface area contributed by atoms with Crippen LogP contribution < -0.4 is 5.32 Å². The average molecular weight is 328 g/mol. The number of likely N-dealkylation sites (N-methyl/N-ethyl adjacent to an activating group) is 1. The van der Waals surface area contributed by atoms with Gasteiger partial charge in [0.2, 0.25) is 0 Å². The summed E-state index contributed by atoms with van der Waals surface area (Å²) in [6.45, 7) is 2.89. The largest absolute Gasteiger partial charge is 0.321 e. The van der Waals surface area contributed by atoms with Gasteiger partial charge in [0, 0.05) is 11.4 Å². The zero-order valence-corrected chi connectivity index (χ0v) is 15.0. The van der Waals surface area contributed by atoms with Gasteiger partial charge in [0.25, 0.3) is 5.91 Å². The van der Waals surface area contributed by atoms with E-state index in [1.54, 1.807) is 0 Å². The number of hydrogen-bond acceptors (Lipinski definition) is 2. The predicted molar refractivity (Wildman–Crippen MR) is 96.2 cm³/mol. The van der Waals surface area contributed by atoms with Crippen molar-refractivity contribution in [2.75, 3.05) is 32.0 Å². The van der Waals surface area contributed by atoms with E-state index in [4.69, 9.17) is 4.98 Å². The summed E-state index contributed by atoms with van der Waals surface area (Å²) in [4.78, 5) is 17.8. The lowest BCUT2D eigenvalue weighted by atomic mass is 9.92. The van der Waals surface area contributed by atoms with E-state index in [2.05, 4.69) is 12.4 Å². The van der Waals surface area contributed by atoms with Gasteiger partial charge < -0.3 is 9.80 Å². The number of anilines is 1. The second-order valence-corrected chi connectivity index (χ2v) is 8.23. The van der Waals surface area contributed by atoms with Crippen LogP contribution in [0.25, 0.3) is 0 Å². The Kier molecular flexibility index (Phi) is 4.33. The maximum atomic E-state index is 12.8. The molecule has 4 heteroatoms. The first-order chi connectivity index (χ1) is 11.6. The summed E-state index contributed by atoms with van der Waals surface area (Å²) in [6.07, 6.45) is 11.8. The topological polar surface area (TPSA) is 42.0 Å². The number of aryl methyl sites for hydroxylation is 2. The van der Waals surface area contributed by atoms with Gasteiger partial charge in [0.1, 0.15) is 0 Å². The first-order valence-electron chi connectivity index (χ1n) is 9.82. The molecule has 0 atom stereocenters. The number of likely N-dealkylation sites (tertiary alicyclic amines) is 1. The quantitative estimate of drug-likeness (QED) is 0.867. The van der Waals surface area contributed by atoms with Crippen LogP contribution in [-0.4, -0.2) is 42.1 Å². The minimum Gasteiger partial charge on any atom is -0.321 e. The van der Waals surface area contributed by atoms with Crippen LogP contribution in [0.3, 0.4) is 0 Å². The fourth-order valence-corrected chi connectivity index (χ4v) is 4.86. The van der Waals surface area contributed by atoms with Crippen molar-refractivity contribution in [3.63, 3.8) is 0 Å². The zero-order valence-electron chi connectivity index (χ0n) is 15.0. The molecule has 1 aromatic rings. The second kappa shape index (κ2) is 6.47. The number of nitrogens with one attached hydrogen (secondary N) is 1. The molecule has 1 aromatic heterocycles. The molecule has 2 aliphatic carbocycles. The first kappa shape index (κ1) is 16.1. The van der Waals surface area contributed by atoms with E-state index in [9.17, 15) is 4.79 Å². The Morgan fingerprint density at radius 1 is 0.917 bits per heavy atom. The summed E-state index contributed by atoms with van der Waals surface area (Å²) in [5.74, 6) is 0.201. The number of nitrogens with zero attached hydrogens (tertiary/aromatic N) is 2. The molecule has 1 saturated heterocycles. The molecule has 0 radical (unpaired) electrons. The number of rotatable bonds is 3. The van der Waals surface area contributed by atoms with E-state index >= 15 is 0 Å². The normalized spacial score (nSPS) is 21.9. The average Bonchev–Trinajstić information content (AvgIpc) is 3.03. The van der Waals surface area contributed by atoms with Crippen LogP contribution in [0.4, 0.5) is 5.69 Å². The molecule has 4 nitrogen and oxygen atoms in total. The Labute approximate surface area is 145 Å². The minimum atomic E-state index is 0.201. The lowest BCUT2D eigenvalue weighted by Crippen LogP contribution is -2.52. The molecular weight excluding hydrogens is 298 g/mol. The van der Waals surface area contributed by atoms with Crippen LogP contribution in [0.1, 0.15) is 61.0 Å². The van der Waals surface area contributed by atoms with E-state index in [1.807, 2.05) is 0 Å². The first-order valence-corrected chi connectivity index (χ1v) is 9.82. The highest BCUT2D eigenvalue weighted by atomic mass is 16.2. The molecule has 3 aliphatic rings. The SMILES string of the molecule is C[N+]1(CC(=O)Nc2c3c(nc4c2CCC4)CCCC3)CCCCC1. The summed E-state index contributed by atoms with van der Waals surface area (Å²) in [5, 5.41) is 3.35. The molecule has 1 fully saturated rings. The fraction of sp³-hybridized carbons (Fsp3) is 0.700. The monoisotopic (exact) mass is 328 g/mol. The Morgan fingerprint density at radius 2 is 1.54 bits per heavy atom. The molecule has 0 bridgehead atoms. The van der Waals surface area contributed by atoms with E-state index in [-0.39, 0.29) is 5.91 Å². The van der Waals surface area contributed by atoms with Crippen molar-refractivity contribution < 1.29 is 9.28 Å². The molecule has 1 amide bonds. The number of pyridine rings is 1. The van der Waals surface area contributed by atoms with Gasteiger partial charge in [-0.15, -0.1) is 0 Å². The highest BCUT2D eigenvalue weighted by molar-refractivity contribution is 5.93. The van der Waals surface area contributed by atoms with Gasteiger partial charge >= 0.3 is 0 Å². The van der Waals surface area contributed by atoms with Gasteiger partial charge in [-0.25, -0.2) is 0 Å². The number of carbonyl (C=O) groups excluding carboxylic acids is 1. The summed E-state index contributed by atoms with van der Waals surface area (Å²) < 4.78 is 0.904. The Morgan fingerprint density at radius 3 is 2.29 bits per heavy atom. The van der Waals surface area contributed by atoms with Crippen molar-refractivity contribution in [3.05, 3.63) is 22.5 Å². The molecule has 1 N–H and O–H groups in total. The van der Waals surface area contributed by atoms with Crippen LogP contribution in [0.5, 0.6) is 0 Å². The molecule has 24 heavy (non-hydrogen) atoms. The van der Waals surface area contributed by atoms with Gasteiger partial charge in [-0.3, -0.25) is 9.78 Å². The molecule has 0 spiro atoms. The van der Waals surface area contributed by atoms with Crippen LogP contribution >= 0.6 is 0 Å². The van der Waals surface area contributed by atoms with Crippen LogP contribution in [0, 0.1) is 0 Å². The predicted octanol–water partition coefficient (Wildman–Crippen LogP) is 3.02. The molecule has 4 rings (SSSR count). The number of aromatic nitrogens is 1. The molecular formula is C20H30N3O+. The van der Waals surface area contributed by atoms with Gasteiger partial charge in [-0.1, -0.05) is 0 Å². The van der Waals surface area contributed by atoms with Crippen molar-refractivity contribution in [2.45, 2.75) is 64.2 Å². The van der Waals surface area contributed by atoms with Gasteiger partial charge in [0.15, 0.2) is 6.54 Å². The third-order valence-corrected chi connectivity index (χ3v) is 6.19. The van der Waals surface area contributed by atoms with Crippen LogP contribution in [-0.2, 0) is 30.5 Å². The van der Waals surface area contributed by atoms with E-state index in [0.717, 1.165) is 48.9 Å². The number of amides is 1. The third kappa shape index (κ3) is 3.08. The lowest BCUT2D eigenvalue weighted by molar-refractivity contribution is -0.906. The van der Waals surface area contributed by atoms with Crippen molar-refractivity contribution in [3.8, 4) is 0 Å². The number of fused-ring (bicyclic) bond motifs is 2. The van der Waals surface area contributed by atoms with Crippen molar-refractivity contribution in [1.29, 1.82) is 0 Å². The summed E-state index contributed by atoms with van der Waals surface area (Å²) in [7, 11) is 2.24. The van der Waals surface area contributed by atoms with E-state index in [1.165, 1.54) is 61.0 Å². The minimum absolute atomic E-state index is 0.201. The summed E-state index contributed by atoms with van der Waals surface area (Å²) >= 11 is 0. The fourth-order valence-electron chi connectivity index (χ4n) is 4.86. The number of quaternary nitrogens is 1. The standard InChI is InChI=1S/C20H29N3O/c1-23(12-5-2-6-13-23)14-19(24)22-20-15-8-3-4-10-17(15)21-18-11-7-9-16(18)20/h2-14H2,1H3/p+1. The number of hydrogen-bond donors (Lipinski definition) is 1. The Bertz CT molecular complexity index is 647. The highest BCUT2D eigenvalue weighted by Crippen LogP contribution is 2.36. The molecule has 1 aliphatic heterocycles. The summed E-state index contributed by atoms with van der Waals surface area (Å²) in [6, 6.07) is 0. The third-order valence-electron chi connectivity index (χ3n) is 6.19. The van der Waals surface area contributed by atoms with Crippen molar-refractivity contribution in [2.24, 2.45) is 0 Å². The summed E-state index contributed by atoms with van der Waals surface area (Å²) in [5.41, 5.74) is 6.35. The van der Waals surface area contributed by atoms with Gasteiger partial charge in [-0.2, -0.15) is 0 Å². The van der Waals surface area contributed by atoms with Gasteiger partial charge in [-0.05, 0) is 75.3 Å². The molecule has 0 aromatic carbocycles. The number of carbonyl (C=O) groups is 1. The second-order valence-electron chi connectivity index (χ2n) is 8.23. The molecule has 0 saturated carbocycles. The molecule has 0 unspecified atom stereocenters.